The van der Waals surface area contributed by atoms with Gasteiger partial charge in [0.25, 0.3) is 0 Å². The summed E-state index contributed by atoms with van der Waals surface area (Å²) in [5.74, 6) is 1.76. The highest BCUT2D eigenvalue weighted by Gasteiger charge is 2.40. The molecule has 0 aliphatic carbocycles. The van der Waals surface area contributed by atoms with Crippen molar-refractivity contribution < 1.29 is 4.74 Å². The molecule has 4 rings (SSSR count). The first-order chi connectivity index (χ1) is 13.6. The summed E-state index contributed by atoms with van der Waals surface area (Å²) in [7, 11) is 1.61. The highest BCUT2D eigenvalue weighted by atomic mass is 32.1. The molecular weight excluding hydrogens is 374 g/mol. The van der Waals surface area contributed by atoms with Crippen LogP contribution < -0.4 is 15.4 Å². The van der Waals surface area contributed by atoms with Crippen LogP contribution in [0.15, 0.2) is 12.3 Å². The van der Waals surface area contributed by atoms with Gasteiger partial charge in [0.15, 0.2) is 5.13 Å². The molecule has 0 spiro atoms. The molecule has 2 saturated heterocycles. The Bertz CT molecular complexity index is 850. The fraction of sp³-hybridized carbons (Fsp3) is 0.579. The minimum atomic E-state index is 0.366. The largest absolute Gasteiger partial charge is 0.481 e. The smallest absolute Gasteiger partial charge is 0.234 e. The molecule has 2 aromatic rings. The van der Waals surface area contributed by atoms with E-state index < -0.39 is 0 Å². The molecule has 0 saturated carbocycles. The molecule has 9 heteroatoms. The molecule has 0 amide bonds. The number of piperidine rings is 1. The fourth-order valence-corrected chi connectivity index (χ4v) is 4.97. The molecule has 2 aromatic heterocycles. The number of ether oxygens (including phenoxy) is 1. The topological polar surface area (TPSA) is 99.0 Å². The van der Waals surface area contributed by atoms with Crippen LogP contribution in [0.5, 0.6) is 5.88 Å². The summed E-state index contributed by atoms with van der Waals surface area (Å²) in [6.07, 6.45) is 7.02. The molecule has 3 atom stereocenters. The van der Waals surface area contributed by atoms with E-state index in [1.54, 1.807) is 18.4 Å². The number of rotatable bonds is 7. The van der Waals surface area contributed by atoms with Crippen LogP contribution in [0.3, 0.4) is 0 Å². The van der Waals surface area contributed by atoms with Gasteiger partial charge < -0.3 is 10.1 Å². The highest BCUT2D eigenvalue weighted by Crippen LogP contribution is 2.37. The fourth-order valence-electron chi connectivity index (χ4n) is 4.31. The summed E-state index contributed by atoms with van der Waals surface area (Å²) >= 11 is 1.56. The van der Waals surface area contributed by atoms with Crippen LogP contribution in [0.1, 0.15) is 37.0 Å². The van der Waals surface area contributed by atoms with Crippen molar-refractivity contribution in [3.05, 3.63) is 17.1 Å². The van der Waals surface area contributed by atoms with E-state index in [2.05, 4.69) is 36.6 Å². The predicted molar refractivity (Wildman–Crippen MR) is 109 cm³/mol. The standard InChI is InChI=1S/C19H25N7OS/c1-12-11-21-19(28-12)25-18-23-16(10-17(24-18)27-2)22-13-8-14-4-5-15(9-13)26(14)7-3-6-20/h10-11,13-15H,3-5,7-9H2,1-2H3,(H2,21,22,23,24,25)/t13-,14-,15+. The van der Waals surface area contributed by atoms with Gasteiger partial charge in [0.05, 0.1) is 13.2 Å². The summed E-state index contributed by atoms with van der Waals surface area (Å²) in [6.45, 7) is 2.90. The summed E-state index contributed by atoms with van der Waals surface area (Å²) in [6, 6.07) is 5.60. The lowest BCUT2D eigenvalue weighted by Crippen LogP contribution is -2.47. The molecule has 4 heterocycles. The number of hydrogen-bond acceptors (Lipinski definition) is 9. The zero-order chi connectivity index (χ0) is 19.5. The van der Waals surface area contributed by atoms with Crippen LogP contribution in [0, 0.1) is 18.3 Å². The van der Waals surface area contributed by atoms with Gasteiger partial charge in [0, 0.05) is 48.2 Å². The summed E-state index contributed by atoms with van der Waals surface area (Å²) in [5, 5.41) is 16.4. The molecule has 8 nitrogen and oxygen atoms in total. The molecule has 2 aliphatic heterocycles. The van der Waals surface area contributed by atoms with Gasteiger partial charge in [-0.2, -0.15) is 15.2 Å². The van der Waals surface area contributed by atoms with Gasteiger partial charge in [-0.25, -0.2) is 4.98 Å². The van der Waals surface area contributed by atoms with E-state index in [0.29, 0.717) is 36.4 Å². The minimum Gasteiger partial charge on any atom is -0.481 e. The van der Waals surface area contributed by atoms with Crippen LogP contribution in [0.4, 0.5) is 16.9 Å². The highest BCUT2D eigenvalue weighted by molar-refractivity contribution is 7.15. The van der Waals surface area contributed by atoms with Crippen LogP contribution in [-0.4, -0.2) is 51.6 Å². The van der Waals surface area contributed by atoms with Crippen molar-refractivity contribution in [1.82, 2.24) is 19.9 Å². The molecule has 0 radical (unpaired) electrons. The SMILES string of the molecule is COc1cc(N[C@@H]2C[C@H]3CC[C@@H](C2)N3CCC#N)nc(Nc2ncc(C)s2)n1. The number of thiazole rings is 1. The summed E-state index contributed by atoms with van der Waals surface area (Å²) in [5.41, 5.74) is 0. The number of nitrogens with zero attached hydrogens (tertiary/aromatic N) is 5. The Hall–Kier alpha value is -2.44. The first-order valence-electron chi connectivity index (χ1n) is 9.66. The van der Waals surface area contributed by atoms with Gasteiger partial charge in [-0.05, 0) is 32.6 Å². The molecule has 2 N–H and O–H groups in total. The Morgan fingerprint density at radius 1 is 1.32 bits per heavy atom. The maximum atomic E-state index is 8.89. The van der Waals surface area contributed by atoms with Crippen LogP contribution in [-0.2, 0) is 0 Å². The maximum Gasteiger partial charge on any atom is 0.234 e. The zero-order valence-corrected chi connectivity index (χ0v) is 17.0. The summed E-state index contributed by atoms with van der Waals surface area (Å²) < 4.78 is 5.36. The van der Waals surface area contributed by atoms with E-state index in [9.17, 15) is 0 Å². The van der Waals surface area contributed by atoms with Crippen molar-refractivity contribution in [1.29, 1.82) is 5.26 Å². The average Bonchev–Trinajstić information content (AvgIpc) is 3.19. The van der Waals surface area contributed by atoms with Crippen molar-refractivity contribution in [2.24, 2.45) is 0 Å². The lowest BCUT2D eigenvalue weighted by Gasteiger charge is -2.39. The van der Waals surface area contributed by atoms with Crippen molar-refractivity contribution in [3.8, 4) is 11.9 Å². The van der Waals surface area contributed by atoms with Gasteiger partial charge >= 0.3 is 0 Å². The minimum absolute atomic E-state index is 0.366. The number of fused-ring (bicyclic) bond motifs is 2. The van der Waals surface area contributed by atoms with E-state index in [-0.39, 0.29) is 0 Å². The van der Waals surface area contributed by atoms with Crippen molar-refractivity contribution in [3.63, 3.8) is 0 Å². The lowest BCUT2D eigenvalue weighted by atomic mass is 9.97. The molecule has 2 aliphatic rings. The maximum absolute atomic E-state index is 8.89. The predicted octanol–water partition coefficient (Wildman–Crippen LogP) is 3.31. The zero-order valence-electron chi connectivity index (χ0n) is 16.2. The number of anilines is 3. The third-order valence-electron chi connectivity index (χ3n) is 5.47. The molecule has 0 aromatic carbocycles. The number of nitrogens with one attached hydrogen (secondary N) is 2. The van der Waals surface area contributed by atoms with Gasteiger partial charge in [0.2, 0.25) is 11.8 Å². The normalized spacial score (nSPS) is 24.0. The second kappa shape index (κ2) is 8.29. The number of aromatic nitrogens is 3. The molecule has 2 bridgehead atoms. The van der Waals surface area contributed by atoms with Crippen LogP contribution >= 0.6 is 11.3 Å². The number of aryl methyl sites for hydroxylation is 1. The third-order valence-corrected chi connectivity index (χ3v) is 6.30. The monoisotopic (exact) mass is 399 g/mol. The Morgan fingerprint density at radius 3 is 2.75 bits per heavy atom. The van der Waals surface area contributed by atoms with Crippen molar-refractivity contribution in [2.75, 3.05) is 24.3 Å². The van der Waals surface area contributed by atoms with Crippen molar-refractivity contribution >= 4 is 28.2 Å². The number of nitriles is 1. The van der Waals surface area contributed by atoms with Gasteiger partial charge in [-0.15, -0.1) is 11.3 Å². The van der Waals surface area contributed by atoms with E-state index in [0.717, 1.165) is 35.2 Å². The second-order valence-electron chi connectivity index (χ2n) is 7.36. The number of methoxy groups -OCH3 is 1. The van der Waals surface area contributed by atoms with E-state index in [4.69, 9.17) is 10.00 Å². The summed E-state index contributed by atoms with van der Waals surface area (Å²) in [4.78, 5) is 17.0. The van der Waals surface area contributed by atoms with E-state index >= 15 is 0 Å². The third kappa shape index (κ3) is 4.18. The lowest BCUT2D eigenvalue weighted by molar-refractivity contribution is 0.135. The van der Waals surface area contributed by atoms with E-state index in [1.165, 1.54) is 12.8 Å². The van der Waals surface area contributed by atoms with Gasteiger partial charge in [-0.1, -0.05) is 0 Å². The van der Waals surface area contributed by atoms with Crippen LogP contribution in [0.2, 0.25) is 0 Å². The second-order valence-corrected chi connectivity index (χ2v) is 8.60. The van der Waals surface area contributed by atoms with E-state index in [1.807, 2.05) is 19.2 Å². The Kier molecular flexibility index (Phi) is 5.59. The molecule has 148 valence electrons. The molecular formula is C19H25N7OS. The number of hydrogen-bond donors (Lipinski definition) is 2. The Balaban J connectivity index is 1.45. The van der Waals surface area contributed by atoms with Gasteiger partial charge in [0.1, 0.15) is 5.82 Å². The van der Waals surface area contributed by atoms with Crippen LogP contribution in [0.25, 0.3) is 0 Å². The molecule has 2 fully saturated rings. The quantitative estimate of drug-likeness (QED) is 0.732. The Morgan fingerprint density at radius 2 is 2.11 bits per heavy atom. The average molecular weight is 400 g/mol. The molecule has 28 heavy (non-hydrogen) atoms. The first kappa shape index (κ1) is 18.9. The van der Waals surface area contributed by atoms with Crippen molar-refractivity contribution in [2.45, 2.75) is 57.2 Å². The molecule has 0 unspecified atom stereocenters. The van der Waals surface area contributed by atoms with Gasteiger partial charge in [-0.3, -0.25) is 10.2 Å². The Labute approximate surface area is 169 Å². The first-order valence-corrected chi connectivity index (χ1v) is 10.5.